The van der Waals surface area contributed by atoms with Gasteiger partial charge in [0, 0.05) is 6.42 Å². The van der Waals surface area contributed by atoms with Crippen molar-refractivity contribution in [3.8, 4) is 0 Å². The molecule has 1 aromatic carbocycles. The predicted octanol–water partition coefficient (Wildman–Crippen LogP) is 4.34. The van der Waals surface area contributed by atoms with Crippen molar-refractivity contribution in [3.05, 3.63) is 34.9 Å². The third-order valence-corrected chi connectivity index (χ3v) is 3.26. The molecule has 0 aliphatic rings. The van der Waals surface area contributed by atoms with E-state index in [1.54, 1.807) is 13.8 Å². The van der Waals surface area contributed by atoms with Crippen LogP contribution < -0.4 is 5.73 Å². The quantitative estimate of drug-likeness (QED) is 0.822. The molecule has 1 amide bonds. The minimum Gasteiger partial charge on any atom is -0.370 e. The Bertz CT molecular complexity index is 515. The first kappa shape index (κ1) is 18.3. The fourth-order valence-corrected chi connectivity index (χ4v) is 2.15. The van der Waals surface area contributed by atoms with Crippen LogP contribution in [0.2, 0.25) is 0 Å². The molecule has 124 valence electrons. The second-order valence-electron chi connectivity index (χ2n) is 5.36. The van der Waals surface area contributed by atoms with Gasteiger partial charge in [0.1, 0.15) is 0 Å². The van der Waals surface area contributed by atoms with E-state index in [-0.39, 0.29) is 24.0 Å². The van der Waals surface area contributed by atoms with E-state index < -0.39 is 35.3 Å². The molecule has 2 nitrogen and oxygen atoms in total. The molecule has 0 saturated heterocycles. The van der Waals surface area contributed by atoms with Gasteiger partial charge in [-0.15, -0.1) is 0 Å². The fourth-order valence-electron chi connectivity index (χ4n) is 2.15. The van der Waals surface area contributed by atoms with Crippen molar-refractivity contribution in [1.82, 2.24) is 0 Å². The van der Waals surface area contributed by atoms with Crippen LogP contribution in [0.15, 0.2) is 18.2 Å². The molecule has 0 aliphatic heterocycles. The Morgan fingerprint density at radius 2 is 1.41 bits per heavy atom. The summed E-state index contributed by atoms with van der Waals surface area (Å²) in [5, 5.41) is 0. The number of amides is 1. The number of halogens is 6. The van der Waals surface area contributed by atoms with Crippen molar-refractivity contribution >= 4 is 5.91 Å². The summed E-state index contributed by atoms with van der Waals surface area (Å²) in [6, 6.07) is 1.34. The van der Waals surface area contributed by atoms with Crippen LogP contribution in [0.5, 0.6) is 0 Å². The van der Waals surface area contributed by atoms with Gasteiger partial charge in [-0.1, -0.05) is 13.8 Å². The van der Waals surface area contributed by atoms with Crippen LogP contribution in [0, 0.1) is 5.92 Å². The highest BCUT2D eigenvalue weighted by atomic mass is 19.4. The van der Waals surface area contributed by atoms with Gasteiger partial charge >= 0.3 is 12.4 Å². The van der Waals surface area contributed by atoms with E-state index in [0.717, 1.165) is 0 Å². The Hall–Kier alpha value is -1.73. The average Bonchev–Trinajstić information content (AvgIpc) is 2.32. The zero-order valence-corrected chi connectivity index (χ0v) is 11.8. The van der Waals surface area contributed by atoms with E-state index >= 15 is 0 Å². The smallest absolute Gasteiger partial charge is 0.370 e. The molecule has 2 N–H and O–H groups in total. The van der Waals surface area contributed by atoms with Crippen LogP contribution in [0.4, 0.5) is 26.3 Å². The molecule has 0 bridgehead atoms. The normalized spacial score (nSPS) is 14.2. The highest BCUT2D eigenvalue weighted by molar-refractivity contribution is 5.74. The van der Waals surface area contributed by atoms with Crippen molar-refractivity contribution in [1.29, 1.82) is 0 Å². The molecule has 0 fully saturated rings. The van der Waals surface area contributed by atoms with Crippen molar-refractivity contribution in [2.24, 2.45) is 11.7 Å². The maximum Gasteiger partial charge on any atom is 0.416 e. The van der Waals surface area contributed by atoms with Gasteiger partial charge in [0.2, 0.25) is 5.91 Å². The summed E-state index contributed by atoms with van der Waals surface area (Å²) in [7, 11) is 0. The molecule has 0 aliphatic carbocycles. The first-order valence-electron chi connectivity index (χ1n) is 6.40. The Kier molecular flexibility index (Phi) is 5.14. The fraction of sp³-hybridized carbons (Fsp3) is 0.500. The van der Waals surface area contributed by atoms with Gasteiger partial charge in [-0.2, -0.15) is 26.3 Å². The van der Waals surface area contributed by atoms with Crippen LogP contribution in [0.25, 0.3) is 0 Å². The minimum atomic E-state index is -4.91. The molecule has 1 aromatic rings. The molecule has 1 atom stereocenters. The molecular weight excluding hydrogens is 312 g/mol. The molecule has 1 unspecified atom stereocenters. The summed E-state index contributed by atoms with van der Waals surface area (Å²) in [6.07, 6.45) is -10.1. The third-order valence-electron chi connectivity index (χ3n) is 3.26. The molecular formula is C14H15F6NO. The number of nitrogens with two attached hydrogens (primary N) is 1. The van der Waals surface area contributed by atoms with E-state index in [4.69, 9.17) is 5.73 Å². The molecule has 0 radical (unpaired) electrons. The van der Waals surface area contributed by atoms with Gasteiger partial charge in [0.15, 0.2) is 0 Å². The van der Waals surface area contributed by atoms with E-state index in [1.807, 2.05) is 0 Å². The summed E-state index contributed by atoms with van der Waals surface area (Å²) in [5.74, 6) is -1.96. The lowest BCUT2D eigenvalue weighted by atomic mass is 9.84. The number of alkyl halides is 6. The van der Waals surface area contributed by atoms with Crippen LogP contribution in [0.3, 0.4) is 0 Å². The number of carbonyl (C=O) groups excluding carboxylic acids is 1. The number of carbonyl (C=O) groups is 1. The van der Waals surface area contributed by atoms with Gasteiger partial charge < -0.3 is 5.73 Å². The van der Waals surface area contributed by atoms with E-state index in [1.165, 1.54) is 0 Å². The molecule has 0 heterocycles. The Morgan fingerprint density at radius 3 is 1.68 bits per heavy atom. The van der Waals surface area contributed by atoms with E-state index in [0.29, 0.717) is 12.1 Å². The number of benzene rings is 1. The van der Waals surface area contributed by atoms with Crippen LogP contribution in [0.1, 0.15) is 42.9 Å². The average molecular weight is 327 g/mol. The Balaban J connectivity index is 3.48. The standard InChI is InChI=1S/C14H15F6NO/c1-7(2)11(6-12(21)22)8-3-9(13(15,16)17)5-10(4-8)14(18,19)20/h3-5,7,11H,6H2,1-2H3,(H2,21,22). The van der Waals surface area contributed by atoms with Gasteiger partial charge in [-0.3, -0.25) is 4.79 Å². The number of rotatable bonds is 4. The first-order valence-corrected chi connectivity index (χ1v) is 6.40. The second kappa shape index (κ2) is 6.18. The van der Waals surface area contributed by atoms with Crippen LogP contribution in [-0.4, -0.2) is 5.91 Å². The zero-order chi connectivity index (χ0) is 17.3. The monoisotopic (exact) mass is 327 g/mol. The molecule has 8 heteroatoms. The first-order chi connectivity index (χ1) is 9.82. The van der Waals surface area contributed by atoms with E-state index in [9.17, 15) is 31.1 Å². The number of hydrogen-bond donors (Lipinski definition) is 1. The van der Waals surface area contributed by atoms with Gasteiger partial charge in [-0.05, 0) is 35.6 Å². The summed E-state index contributed by atoms with van der Waals surface area (Å²) in [4.78, 5) is 11.0. The lowest BCUT2D eigenvalue weighted by Crippen LogP contribution is -2.20. The second-order valence-corrected chi connectivity index (χ2v) is 5.36. The summed E-state index contributed by atoms with van der Waals surface area (Å²) >= 11 is 0. The topological polar surface area (TPSA) is 43.1 Å². The molecule has 22 heavy (non-hydrogen) atoms. The van der Waals surface area contributed by atoms with Gasteiger partial charge in [0.05, 0.1) is 11.1 Å². The Morgan fingerprint density at radius 1 is 1.00 bits per heavy atom. The largest absolute Gasteiger partial charge is 0.416 e. The van der Waals surface area contributed by atoms with Crippen molar-refractivity contribution in [2.75, 3.05) is 0 Å². The highest BCUT2D eigenvalue weighted by Crippen LogP contribution is 2.39. The van der Waals surface area contributed by atoms with Gasteiger partial charge in [0.25, 0.3) is 0 Å². The lowest BCUT2D eigenvalue weighted by molar-refractivity contribution is -0.143. The molecule has 1 rings (SSSR count). The lowest BCUT2D eigenvalue weighted by Gasteiger charge is -2.22. The summed E-state index contributed by atoms with van der Waals surface area (Å²) < 4.78 is 76.8. The van der Waals surface area contributed by atoms with Crippen molar-refractivity contribution in [3.63, 3.8) is 0 Å². The number of hydrogen-bond acceptors (Lipinski definition) is 1. The molecule has 0 saturated carbocycles. The number of primary amides is 1. The van der Waals surface area contributed by atoms with Gasteiger partial charge in [-0.25, -0.2) is 0 Å². The minimum absolute atomic E-state index is 0.0607. The van der Waals surface area contributed by atoms with E-state index in [2.05, 4.69) is 0 Å². The van der Waals surface area contributed by atoms with Crippen LogP contribution >= 0.6 is 0 Å². The SMILES string of the molecule is CC(C)C(CC(N)=O)c1cc(C(F)(F)F)cc(C(F)(F)F)c1. The Labute approximate surface area is 123 Å². The van der Waals surface area contributed by atoms with Crippen molar-refractivity contribution < 1.29 is 31.1 Å². The maximum atomic E-state index is 12.8. The maximum absolute atomic E-state index is 12.8. The summed E-state index contributed by atoms with van der Waals surface area (Å²) in [6.45, 7) is 3.20. The van der Waals surface area contributed by atoms with Crippen molar-refractivity contribution in [2.45, 2.75) is 38.5 Å². The zero-order valence-electron chi connectivity index (χ0n) is 11.8. The van der Waals surface area contributed by atoms with Crippen LogP contribution in [-0.2, 0) is 17.1 Å². The predicted molar refractivity (Wildman–Crippen MR) is 67.8 cm³/mol. The molecule has 0 spiro atoms. The summed E-state index contributed by atoms with van der Waals surface area (Å²) in [5.41, 5.74) is 2.04. The highest BCUT2D eigenvalue weighted by Gasteiger charge is 2.37. The third kappa shape index (κ3) is 4.64. The molecule has 0 aromatic heterocycles.